The van der Waals surface area contributed by atoms with Gasteiger partial charge in [-0.1, -0.05) is 0 Å². The molecule has 3 rings (SSSR count). The number of hydrogen-bond donors (Lipinski definition) is 1. The van der Waals surface area contributed by atoms with Crippen LogP contribution in [0.5, 0.6) is 5.75 Å². The second-order valence-corrected chi connectivity index (χ2v) is 7.65. The Kier molecular flexibility index (Phi) is 5.48. The predicted molar refractivity (Wildman–Crippen MR) is 107 cm³/mol. The lowest BCUT2D eigenvalue weighted by Crippen LogP contribution is -2.47. The van der Waals surface area contributed by atoms with E-state index in [0.717, 1.165) is 37.7 Å². The Morgan fingerprint density at radius 1 is 0.963 bits per heavy atom. The second kappa shape index (κ2) is 7.82. The van der Waals surface area contributed by atoms with Gasteiger partial charge in [-0.05, 0) is 57.2 Å². The van der Waals surface area contributed by atoms with Crippen LogP contribution in [0.3, 0.4) is 0 Å². The maximum Gasteiger partial charge on any atom is 0.272 e. The van der Waals surface area contributed by atoms with E-state index in [9.17, 15) is 4.79 Å². The number of carbonyl (C=O) groups excluding carboxylic acids is 1. The van der Waals surface area contributed by atoms with E-state index in [-0.39, 0.29) is 11.4 Å². The molecule has 0 saturated carbocycles. The first-order valence-corrected chi connectivity index (χ1v) is 9.16. The summed E-state index contributed by atoms with van der Waals surface area (Å²) < 4.78 is 5.21. The van der Waals surface area contributed by atoms with Gasteiger partial charge in [0.15, 0.2) is 11.5 Å². The predicted octanol–water partition coefficient (Wildman–Crippen LogP) is 2.34. The van der Waals surface area contributed by atoms with Gasteiger partial charge in [0.2, 0.25) is 0 Å². The number of benzene rings is 1. The molecule has 7 heteroatoms. The van der Waals surface area contributed by atoms with Crippen LogP contribution in [-0.2, 0) is 0 Å². The summed E-state index contributed by atoms with van der Waals surface area (Å²) in [6.45, 7) is 9.34. The normalized spacial score (nSPS) is 14.8. The molecule has 0 spiro atoms. The van der Waals surface area contributed by atoms with Crippen LogP contribution in [0.2, 0.25) is 0 Å². The summed E-state index contributed by atoms with van der Waals surface area (Å²) in [6.07, 6.45) is 0. The molecule has 1 aromatic heterocycles. The third kappa shape index (κ3) is 4.87. The molecule has 27 heavy (non-hydrogen) atoms. The molecule has 1 aliphatic rings. The van der Waals surface area contributed by atoms with Gasteiger partial charge in [0.1, 0.15) is 5.75 Å². The SMILES string of the molecule is COc1ccc(N2CCN(c3ccc(C(=O)NC(C)(C)C)nn3)CC2)cc1. The van der Waals surface area contributed by atoms with Crippen molar-refractivity contribution in [1.29, 1.82) is 0 Å². The van der Waals surface area contributed by atoms with E-state index in [4.69, 9.17) is 4.74 Å². The summed E-state index contributed by atoms with van der Waals surface area (Å²) >= 11 is 0. The number of ether oxygens (including phenoxy) is 1. The Morgan fingerprint density at radius 2 is 1.59 bits per heavy atom. The van der Waals surface area contributed by atoms with Crippen molar-refractivity contribution in [2.75, 3.05) is 43.1 Å². The van der Waals surface area contributed by atoms with Crippen LogP contribution in [0.25, 0.3) is 0 Å². The number of nitrogens with zero attached hydrogens (tertiary/aromatic N) is 4. The second-order valence-electron chi connectivity index (χ2n) is 7.65. The maximum atomic E-state index is 12.2. The molecule has 1 N–H and O–H groups in total. The number of piperazine rings is 1. The fourth-order valence-corrected chi connectivity index (χ4v) is 3.01. The van der Waals surface area contributed by atoms with Gasteiger partial charge in [-0.25, -0.2) is 0 Å². The quantitative estimate of drug-likeness (QED) is 0.892. The number of amides is 1. The van der Waals surface area contributed by atoms with E-state index in [1.54, 1.807) is 13.2 Å². The molecule has 2 aromatic rings. The lowest BCUT2D eigenvalue weighted by atomic mass is 10.1. The number of hydrogen-bond acceptors (Lipinski definition) is 6. The molecule has 1 aliphatic heterocycles. The van der Waals surface area contributed by atoms with Crippen LogP contribution in [0.1, 0.15) is 31.3 Å². The van der Waals surface area contributed by atoms with Crippen molar-refractivity contribution in [1.82, 2.24) is 15.5 Å². The van der Waals surface area contributed by atoms with Gasteiger partial charge >= 0.3 is 0 Å². The Bertz CT molecular complexity index is 760. The number of nitrogens with one attached hydrogen (secondary N) is 1. The number of aromatic nitrogens is 2. The zero-order valence-corrected chi connectivity index (χ0v) is 16.4. The van der Waals surface area contributed by atoms with Gasteiger partial charge in [-0.3, -0.25) is 4.79 Å². The van der Waals surface area contributed by atoms with Gasteiger partial charge < -0.3 is 19.9 Å². The Hall–Kier alpha value is -2.83. The van der Waals surface area contributed by atoms with E-state index >= 15 is 0 Å². The Morgan fingerprint density at radius 3 is 2.11 bits per heavy atom. The first-order valence-electron chi connectivity index (χ1n) is 9.16. The molecule has 2 heterocycles. The van der Waals surface area contributed by atoms with Crippen LogP contribution in [0.4, 0.5) is 11.5 Å². The van der Waals surface area contributed by atoms with Crippen LogP contribution < -0.4 is 19.9 Å². The molecule has 144 valence electrons. The fraction of sp³-hybridized carbons (Fsp3) is 0.450. The summed E-state index contributed by atoms with van der Waals surface area (Å²) in [4.78, 5) is 16.7. The summed E-state index contributed by atoms with van der Waals surface area (Å²) in [5.41, 5.74) is 1.23. The zero-order chi connectivity index (χ0) is 19.4. The van der Waals surface area contributed by atoms with Gasteiger partial charge in [0.05, 0.1) is 7.11 Å². The first kappa shape index (κ1) is 18.9. The molecule has 0 atom stereocenters. The van der Waals surface area contributed by atoms with Crippen molar-refractivity contribution in [3.63, 3.8) is 0 Å². The summed E-state index contributed by atoms with van der Waals surface area (Å²) in [7, 11) is 1.67. The third-order valence-electron chi connectivity index (χ3n) is 4.41. The summed E-state index contributed by atoms with van der Waals surface area (Å²) in [5, 5.41) is 11.3. The molecule has 0 aliphatic carbocycles. The first-order chi connectivity index (χ1) is 12.9. The lowest BCUT2D eigenvalue weighted by Gasteiger charge is -2.36. The number of carbonyl (C=O) groups is 1. The fourth-order valence-electron chi connectivity index (χ4n) is 3.01. The minimum absolute atomic E-state index is 0.203. The van der Waals surface area contributed by atoms with Crippen LogP contribution in [-0.4, -0.2) is 54.9 Å². The van der Waals surface area contributed by atoms with Crippen molar-refractivity contribution >= 4 is 17.4 Å². The number of anilines is 2. The minimum atomic E-state index is -0.296. The molecule has 1 aromatic carbocycles. The van der Waals surface area contributed by atoms with Crippen LogP contribution >= 0.6 is 0 Å². The topological polar surface area (TPSA) is 70.6 Å². The highest BCUT2D eigenvalue weighted by molar-refractivity contribution is 5.92. The average molecular weight is 369 g/mol. The van der Waals surface area contributed by atoms with Gasteiger partial charge in [-0.2, -0.15) is 0 Å². The van der Waals surface area contributed by atoms with Crippen LogP contribution in [0.15, 0.2) is 36.4 Å². The zero-order valence-electron chi connectivity index (χ0n) is 16.4. The molecular formula is C20H27N5O2. The van der Waals surface area contributed by atoms with Crippen LogP contribution in [0, 0.1) is 0 Å². The Labute approximate surface area is 160 Å². The highest BCUT2D eigenvalue weighted by atomic mass is 16.5. The van der Waals surface area contributed by atoms with Crippen molar-refractivity contribution in [3.8, 4) is 5.75 Å². The molecular weight excluding hydrogens is 342 g/mol. The molecule has 0 unspecified atom stereocenters. The number of rotatable bonds is 4. The maximum absolute atomic E-state index is 12.2. The standard InChI is InChI=1S/C20H27N5O2/c1-20(2,3)21-19(26)17-9-10-18(23-22-17)25-13-11-24(12-14-25)15-5-7-16(27-4)8-6-15/h5-10H,11-14H2,1-4H3,(H,21,26). The van der Waals surface area contributed by atoms with E-state index < -0.39 is 0 Å². The third-order valence-corrected chi connectivity index (χ3v) is 4.41. The monoisotopic (exact) mass is 369 g/mol. The highest BCUT2D eigenvalue weighted by Crippen LogP contribution is 2.22. The molecule has 1 saturated heterocycles. The van der Waals surface area contributed by atoms with Crippen molar-refractivity contribution < 1.29 is 9.53 Å². The van der Waals surface area contributed by atoms with Crippen molar-refractivity contribution in [2.24, 2.45) is 0 Å². The van der Waals surface area contributed by atoms with Gasteiger partial charge in [0, 0.05) is 37.4 Å². The number of methoxy groups -OCH3 is 1. The van der Waals surface area contributed by atoms with E-state index in [1.165, 1.54) is 5.69 Å². The molecule has 0 radical (unpaired) electrons. The molecule has 1 amide bonds. The molecule has 0 bridgehead atoms. The van der Waals surface area contributed by atoms with E-state index in [1.807, 2.05) is 39.0 Å². The average Bonchev–Trinajstić information content (AvgIpc) is 2.67. The van der Waals surface area contributed by atoms with E-state index in [2.05, 4.69) is 37.4 Å². The summed E-state index contributed by atoms with van der Waals surface area (Å²) in [6, 6.07) is 11.7. The molecule has 7 nitrogen and oxygen atoms in total. The van der Waals surface area contributed by atoms with Gasteiger partial charge in [0.25, 0.3) is 5.91 Å². The molecule has 1 fully saturated rings. The highest BCUT2D eigenvalue weighted by Gasteiger charge is 2.20. The smallest absolute Gasteiger partial charge is 0.272 e. The lowest BCUT2D eigenvalue weighted by molar-refractivity contribution is 0.0913. The van der Waals surface area contributed by atoms with E-state index in [0.29, 0.717) is 5.69 Å². The van der Waals surface area contributed by atoms with Crippen molar-refractivity contribution in [3.05, 3.63) is 42.1 Å². The summed E-state index contributed by atoms with van der Waals surface area (Å²) in [5.74, 6) is 1.46. The minimum Gasteiger partial charge on any atom is -0.497 e. The van der Waals surface area contributed by atoms with Crippen molar-refractivity contribution in [2.45, 2.75) is 26.3 Å². The Balaban J connectivity index is 1.58. The largest absolute Gasteiger partial charge is 0.497 e. The van der Waals surface area contributed by atoms with Gasteiger partial charge in [-0.15, -0.1) is 10.2 Å².